The molecule has 0 heterocycles. The van der Waals surface area contributed by atoms with Crippen molar-refractivity contribution in [1.29, 1.82) is 0 Å². The Balaban J connectivity index is 0.00000200. The van der Waals surface area contributed by atoms with Gasteiger partial charge in [0.2, 0.25) is 0 Å². The highest BCUT2D eigenvalue weighted by molar-refractivity contribution is 6.42. The lowest BCUT2D eigenvalue weighted by molar-refractivity contribution is 0.371. The van der Waals surface area contributed by atoms with Crippen LogP contribution in [0.5, 0.6) is 5.75 Å². The summed E-state index contributed by atoms with van der Waals surface area (Å²) < 4.78 is 5.55. The molecule has 1 aliphatic rings. The maximum absolute atomic E-state index is 5.91. The Labute approximate surface area is 135 Å². The van der Waals surface area contributed by atoms with Gasteiger partial charge in [-0.3, -0.25) is 4.99 Å². The molecule has 1 aromatic rings. The third-order valence-electron chi connectivity index (χ3n) is 3.20. The topological polar surface area (TPSA) is 47.6 Å². The van der Waals surface area contributed by atoms with Gasteiger partial charge in [-0.25, -0.2) is 0 Å². The normalized spacial score (nSPS) is 16.6. The van der Waals surface area contributed by atoms with Crippen LogP contribution < -0.4 is 10.5 Å². The van der Waals surface area contributed by atoms with E-state index in [4.69, 9.17) is 33.7 Å². The van der Waals surface area contributed by atoms with Crippen molar-refractivity contribution in [1.82, 2.24) is 0 Å². The number of amidine groups is 1. The molecule has 2 rings (SSSR count). The maximum atomic E-state index is 5.91. The number of rotatable bonds is 4. The van der Waals surface area contributed by atoms with Gasteiger partial charge in [0.25, 0.3) is 0 Å². The fourth-order valence-corrected chi connectivity index (χ4v) is 2.49. The Morgan fingerprint density at radius 3 is 2.55 bits per heavy atom. The predicted octanol–water partition coefficient (Wildman–Crippen LogP) is 4.48. The van der Waals surface area contributed by atoms with Gasteiger partial charge in [-0.2, -0.15) is 0 Å². The average molecular weight is 338 g/mol. The molecule has 0 atom stereocenters. The summed E-state index contributed by atoms with van der Waals surface area (Å²) in [6.45, 7) is 0.286. The van der Waals surface area contributed by atoms with E-state index in [9.17, 15) is 0 Å². The number of nitrogens with zero attached hydrogens (tertiary/aromatic N) is 1. The van der Waals surface area contributed by atoms with Gasteiger partial charge in [0.1, 0.15) is 18.2 Å². The van der Waals surface area contributed by atoms with Gasteiger partial charge in [-0.05, 0) is 25.0 Å². The Morgan fingerprint density at radius 2 is 1.90 bits per heavy atom. The SMILES string of the molecule is Cl.NC(COc1ccc(Cl)c(Cl)c1)=NC1CCCCC1. The van der Waals surface area contributed by atoms with E-state index >= 15 is 0 Å². The van der Waals surface area contributed by atoms with Crippen LogP contribution >= 0.6 is 35.6 Å². The van der Waals surface area contributed by atoms with Crippen molar-refractivity contribution >= 4 is 41.4 Å². The van der Waals surface area contributed by atoms with Crippen LogP contribution in [-0.2, 0) is 0 Å². The van der Waals surface area contributed by atoms with E-state index in [0.717, 1.165) is 12.8 Å². The second-order valence-electron chi connectivity index (χ2n) is 4.78. The summed E-state index contributed by atoms with van der Waals surface area (Å²) in [6.07, 6.45) is 6.07. The Hall–Kier alpha value is -0.640. The molecule has 112 valence electrons. The number of hydrogen-bond acceptors (Lipinski definition) is 2. The van der Waals surface area contributed by atoms with Crippen molar-refractivity contribution in [3.05, 3.63) is 28.2 Å². The van der Waals surface area contributed by atoms with Gasteiger partial charge < -0.3 is 10.5 Å². The maximum Gasteiger partial charge on any atom is 0.145 e. The minimum Gasteiger partial charge on any atom is -0.486 e. The van der Waals surface area contributed by atoms with Crippen LogP contribution in [0.25, 0.3) is 0 Å². The van der Waals surface area contributed by atoms with E-state index in [-0.39, 0.29) is 19.0 Å². The minimum atomic E-state index is 0. The second kappa shape index (κ2) is 8.60. The van der Waals surface area contributed by atoms with Crippen LogP contribution in [0.3, 0.4) is 0 Å². The summed E-state index contributed by atoms with van der Waals surface area (Å²) in [5.41, 5.74) is 5.89. The number of ether oxygens (including phenoxy) is 1. The van der Waals surface area contributed by atoms with Gasteiger partial charge in [0.05, 0.1) is 16.1 Å². The average Bonchev–Trinajstić information content (AvgIpc) is 2.41. The fraction of sp³-hybridized carbons (Fsp3) is 0.500. The third kappa shape index (κ3) is 5.39. The first-order valence-corrected chi connectivity index (χ1v) is 7.31. The van der Waals surface area contributed by atoms with Crippen molar-refractivity contribution in [3.63, 3.8) is 0 Å². The number of hydrogen-bond donors (Lipinski definition) is 1. The molecule has 0 aromatic heterocycles. The van der Waals surface area contributed by atoms with Crippen LogP contribution in [0.4, 0.5) is 0 Å². The zero-order valence-corrected chi connectivity index (χ0v) is 13.5. The molecule has 20 heavy (non-hydrogen) atoms. The molecule has 0 amide bonds. The summed E-state index contributed by atoms with van der Waals surface area (Å²) in [5.74, 6) is 1.19. The molecule has 1 saturated carbocycles. The highest BCUT2D eigenvalue weighted by Crippen LogP contribution is 2.26. The lowest BCUT2D eigenvalue weighted by Crippen LogP contribution is -2.24. The molecule has 3 nitrogen and oxygen atoms in total. The summed E-state index contributed by atoms with van der Waals surface area (Å²) >= 11 is 11.7. The standard InChI is InChI=1S/C14H18Cl2N2O.ClH/c15-12-7-6-11(8-13(12)16)19-9-14(17)18-10-4-2-1-3-5-10;/h6-8,10H,1-5,9H2,(H2,17,18);1H. The number of benzene rings is 1. The van der Waals surface area contributed by atoms with Crippen LogP contribution in [0.2, 0.25) is 10.0 Å². The molecule has 0 unspecified atom stereocenters. The van der Waals surface area contributed by atoms with E-state index < -0.39 is 0 Å². The Bertz CT molecular complexity index is 460. The zero-order chi connectivity index (χ0) is 13.7. The van der Waals surface area contributed by atoms with E-state index in [1.54, 1.807) is 18.2 Å². The molecule has 1 fully saturated rings. The van der Waals surface area contributed by atoms with Crippen molar-refractivity contribution in [2.75, 3.05) is 6.61 Å². The van der Waals surface area contributed by atoms with Crippen molar-refractivity contribution in [2.24, 2.45) is 10.7 Å². The molecule has 6 heteroatoms. The minimum absolute atomic E-state index is 0. The molecule has 2 N–H and O–H groups in total. The van der Waals surface area contributed by atoms with E-state index in [1.165, 1.54) is 19.3 Å². The smallest absolute Gasteiger partial charge is 0.145 e. The van der Waals surface area contributed by atoms with Crippen molar-refractivity contribution in [3.8, 4) is 5.75 Å². The molecule has 0 aliphatic heterocycles. The first-order chi connectivity index (χ1) is 9.15. The molecule has 0 saturated heterocycles. The lowest BCUT2D eigenvalue weighted by atomic mass is 9.96. The molecular formula is C14H19Cl3N2O. The molecule has 0 spiro atoms. The summed E-state index contributed by atoms with van der Waals surface area (Å²) in [6, 6.07) is 5.51. The Kier molecular flexibility index (Phi) is 7.49. The molecule has 0 radical (unpaired) electrons. The molecule has 1 aromatic carbocycles. The number of nitrogens with two attached hydrogens (primary N) is 1. The summed E-state index contributed by atoms with van der Waals surface area (Å²) in [7, 11) is 0. The second-order valence-corrected chi connectivity index (χ2v) is 5.59. The van der Waals surface area contributed by atoms with E-state index in [0.29, 0.717) is 27.7 Å². The monoisotopic (exact) mass is 336 g/mol. The molecule has 0 bridgehead atoms. The predicted molar refractivity (Wildman–Crippen MR) is 87.7 cm³/mol. The third-order valence-corrected chi connectivity index (χ3v) is 3.94. The lowest BCUT2D eigenvalue weighted by Gasteiger charge is -2.18. The van der Waals surface area contributed by atoms with Gasteiger partial charge >= 0.3 is 0 Å². The first-order valence-electron chi connectivity index (χ1n) is 6.55. The molecule has 1 aliphatic carbocycles. The van der Waals surface area contributed by atoms with E-state index in [1.807, 2.05) is 0 Å². The zero-order valence-electron chi connectivity index (χ0n) is 11.1. The highest BCUT2D eigenvalue weighted by atomic mass is 35.5. The first kappa shape index (κ1) is 17.4. The van der Waals surface area contributed by atoms with Gasteiger partial charge in [-0.15, -0.1) is 12.4 Å². The summed E-state index contributed by atoms with van der Waals surface area (Å²) in [5, 5.41) is 0.986. The van der Waals surface area contributed by atoms with Crippen LogP contribution in [0.15, 0.2) is 23.2 Å². The van der Waals surface area contributed by atoms with Gasteiger partial charge in [-0.1, -0.05) is 42.5 Å². The highest BCUT2D eigenvalue weighted by Gasteiger charge is 2.12. The quantitative estimate of drug-likeness (QED) is 0.650. The fourth-order valence-electron chi connectivity index (χ4n) is 2.21. The van der Waals surface area contributed by atoms with Crippen molar-refractivity contribution < 1.29 is 4.74 Å². The number of aliphatic imine (C=N–C) groups is 1. The van der Waals surface area contributed by atoms with Gasteiger partial charge in [0, 0.05) is 6.07 Å². The molecular weight excluding hydrogens is 319 g/mol. The van der Waals surface area contributed by atoms with E-state index in [2.05, 4.69) is 4.99 Å². The van der Waals surface area contributed by atoms with Crippen LogP contribution in [0.1, 0.15) is 32.1 Å². The number of halogens is 3. The largest absolute Gasteiger partial charge is 0.486 e. The van der Waals surface area contributed by atoms with Gasteiger partial charge in [0.15, 0.2) is 0 Å². The Morgan fingerprint density at radius 1 is 1.20 bits per heavy atom. The van der Waals surface area contributed by atoms with Crippen LogP contribution in [-0.4, -0.2) is 18.5 Å². The van der Waals surface area contributed by atoms with Crippen molar-refractivity contribution in [2.45, 2.75) is 38.1 Å². The summed E-state index contributed by atoms with van der Waals surface area (Å²) in [4.78, 5) is 4.50. The van der Waals surface area contributed by atoms with Crippen LogP contribution in [0, 0.1) is 0 Å².